The fraction of sp³-hybridized carbons (Fsp3) is 0.619. The molecule has 0 amide bonds. The van der Waals surface area contributed by atoms with Gasteiger partial charge in [-0.15, -0.1) is 11.6 Å². The Morgan fingerprint density at radius 2 is 1.81 bits per heavy atom. The molecule has 4 bridgehead atoms. The van der Waals surface area contributed by atoms with Gasteiger partial charge in [0.1, 0.15) is 11.5 Å². The summed E-state index contributed by atoms with van der Waals surface area (Å²) in [7, 11) is 3.03. The summed E-state index contributed by atoms with van der Waals surface area (Å²) in [6.07, 6.45) is 5.52. The molecule has 0 unspecified atom stereocenters. The maximum atomic E-state index is 13.0. The molecule has 1 aromatic rings. The largest absolute Gasteiger partial charge is 0.497 e. The Labute approximate surface area is 164 Å². The second-order valence-electron chi connectivity index (χ2n) is 8.46. The van der Waals surface area contributed by atoms with Crippen LogP contribution in [0.1, 0.15) is 48.9 Å². The number of hydrogen-bond donors (Lipinski definition) is 0. The van der Waals surface area contributed by atoms with E-state index in [0.717, 1.165) is 25.7 Å². The van der Waals surface area contributed by atoms with Gasteiger partial charge in [-0.2, -0.15) is 0 Å². The molecule has 2 atom stereocenters. The van der Waals surface area contributed by atoms with Gasteiger partial charge in [-0.1, -0.05) is 0 Å². The second kappa shape index (κ2) is 6.69. The molecular weight excluding hydrogens is 368 g/mol. The van der Waals surface area contributed by atoms with Crippen molar-refractivity contribution in [3.05, 3.63) is 23.8 Å². The number of carbonyl (C=O) groups excluding carboxylic acids is 2. The highest BCUT2D eigenvalue weighted by Crippen LogP contribution is 2.64. The van der Waals surface area contributed by atoms with Gasteiger partial charge in [-0.25, -0.2) is 0 Å². The first-order chi connectivity index (χ1) is 12.9. The lowest BCUT2D eigenvalue weighted by molar-refractivity contribution is -0.168. The average molecular weight is 393 g/mol. The van der Waals surface area contributed by atoms with E-state index in [-0.39, 0.29) is 23.2 Å². The Morgan fingerprint density at radius 1 is 1.11 bits per heavy atom. The summed E-state index contributed by atoms with van der Waals surface area (Å²) in [4.78, 5) is 25.4. The molecule has 4 fully saturated rings. The third kappa shape index (κ3) is 3.31. The van der Waals surface area contributed by atoms with Gasteiger partial charge < -0.3 is 14.2 Å². The molecule has 1 aromatic carbocycles. The summed E-state index contributed by atoms with van der Waals surface area (Å²) in [6.45, 7) is -0.297. The van der Waals surface area contributed by atoms with Gasteiger partial charge in [0, 0.05) is 4.87 Å². The van der Waals surface area contributed by atoms with E-state index in [1.165, 1.54) is 20.6 Å². The van der Waals surface area contributed by atoms with E-state index in [1.54, 1.807) is 18.2 Å². The maximum Gasteiger partial charge on any atom is 0.312 e. The van der Waals surface area contributed by atoms with E-state index in [9.17, 15) is 9.59 Å². The zero-order valence-corrected chi connectivity index (χ0v) is 16.5. The van der Waals surface area contributed by atoms with Crippen LogP contribution in [-0.4, -0.2) is 37.5 Å². The number of ketones is 1. The second-order valence-corrected chi connectivity index (χ2v) is 9.26. The molecule has 27 heavy (non-hydrogen) atoms. The normalized spacial score (nSPS) is 33.6. The van der Waals surface area contributed by atoms with Crippen molar-refractivity contribution < 1.29 is 23.8 Å². The number of ether oxygens (including phenoxy) is 3. The van der Waals surface area contributed by atoms with Crippen LogP contribution in [0.2, 0.25) is 0 Å². The minimum Gasteiger partial charge on any atom is -0.497 e. The van der Waals surface area contributed by atoms with Crippen LogP contribution in [0, 0.1) is 17.3 Å². The molecule has 5 nitrogen and oxygen atoms in total. The van der Waals surface area contributed by atoms with Crippen molar-refractivity contribution in [3.8, 4) is 11.5 Å². The van der Waals surface area contributed by atoms with Crippen molar-refractivity contribution in [1.29, 1.82) is 0 Å². The lowest BCUT2D eigenvalue weighted by Crippen LogP contribution is -2.56. The minimum absolute atomic E-state index is 0.261. The van der Waals surface area contributed by atoms with Gasteiger partial charge in [0.25, 0.3) is 0 Å². The first-order valence-electron chi connectivity index (χ1n) is 9.48. The molecule has 4 saturated carbocycles. The zero-order valence-electron chi connectivity index (χ0n) is 15.8. The van der Waals surface area contributed by atoms with Crippen molar-refractivity contribution in [2.75, 3.05) is 20.8 Å². The van der Waals surface area contributed by atoms with E-state index < -0.39 is 5.41 Å². The van der Waals surface area contributed by atoms with Gasteiger partial charge >= 0.3 is 5.97 Å². The van der Waals surface area contributed by atoms with Crippen molar-refractivity contribution in [2.45, 2.75) is 43.4 Å². The number of rotatable bonds is 6. The molecule has 0 heterocycles. The number of benzene rings is 1. The molecule has 6 heteroatoms. The summed E-state index contributed by atoms with van der Waals surface area (Å²) < 4.78 is 15.9. The Morgan fingerprint density at radius 3 is 2.41 bits per heavy atom. The van der Waals surface area contributed by atoms with Crippen molar-refractivity contribution >= 4 is 23.4 Å². The number of methoxy groups -OCH3 is 2. The number of Topliss-reactive ketones (excluding diaryl/α,β-unsaturated/α-hetero) is 1. The van der Waals surface area contributed by atoms with Crippen molar-refractivity contribution in [3.63, 3.8) is 0 Å². The van der Waals surface area contributed by atoms with Crippen LogP contribution in [0.4, 0.5) is 0 Å². The monoisotopic (exact) mass is 392 g/mol. The summed E-state index contributed by atoms with van der Waals surface area (Å²) in [6, 6.07) is 4.99. The topological polar surface area (TPSA) is 61.8 Å². The quantitative estimate of drug-likeness (QED) is 0.416. The van der Waals surface area contributed by atoms with Crippen LogP contribution >= 0.6 is 11.6 Å². The summed E-state index contributed by atoms with van der Waals surface area (Å²) in [5.41, 5.74) is -0.158. The number of hydrogen-bond acceptors (Lipinski definition) is 5. The highest BCUT2D eigenvalue weighted by Gasteiger charge is 2.60. The molecule has 146 valence electrons. The molecular formula is C21H25ClO5. The van der Waals surface area contributed by atoms with Crippen LogP contribution in [0.5, 0.6) is 11.5 Å². The number of carbonyl (C=O) groups is 2. The van der Waals surface area contributed by atoms with Crippen molar-refractivity contribution in [2.24, 2.45) is 17.3 Å². The molecule has 5 rings (SSSR count). The third-order valence-corrected chi connectivity index (χ3v) is 6.91. The van der Waals surface area contributed by atoms with Gasteiger partial charge in [0.2, 0.25) is 5.78 Å². The number of alkyl halides is 1. The molecule has 4 aliphatic carbocycles. The Hall–Kier alpha value is -1.75. The van der Waals surface area contributed by atoms with Crippen LogP contribution in [0.15, 0.2) is 18.2 Å². The van der Waals surface area contributed by atoms with Gasteiger partial charge in [0.15, 0.2) is 6.61 Å². The average Bonchev–Trinajstić information content (AvgIpc) is 2.63. The predicted molar refractivity (Wildman–Crippen MR) is 101 cm³/mol. The Bertz CT molecular complexity index is 760. The zero-order chi connectivity index (χ0) is 19.2. The fourth-order valence-electron chi connectivity index (χ4n) is 5.78. The predicted octanol–water partition coefficient (Wildman–Crippen LogP) is 4.01. The number of esters is 1. The molecule has 0 N–H and O–H groups in total. The molecule has 0 spiro atoms. The third-order valence-electron chi connectivity index (χ3n) is 6.46. The molecule has 0 aromatic heterocycles. The molecule has 0 saturated heterocycles. The molecule has 0 radical (unpaired) electrons. The van der Waals surface area contributed by atoms with E-state index in [2.05, 4.69) is 0 Å². The van der Waals surface area contributed by atoms with E-state index >= 15 is 0 Å². The highest BCUT2D eigenvalue weighted by atomic mass is 35.5. The number of halogens is 1. The maximum absolute atomic E-state index is 13.0. The Kier molecular flexibility index (Phi) is 4.61. The summed E-state index contributed by atoms with van der Waals surface area (Å²) in [5.74, 6) is 1.43. The van der Waals surface area contributed by atoms with Crippen LogP contribution in [-0.2, 0) is 9.53 Å². The lowest BCUT2D eigenvalue weighted by Gasteiger charge is -2.58. The van der Waals surface area contributed by atoms with Gasteiger partial charge in [0.05, 0.1) is 25.2 Å². The summed E-state index contributed by atoms with van der Waals surface area (Å²) in [5, 5.41) is 0. The van der Waals surface area contributed by atoms with E-state index in [0.29, 0.717) is 35.3 Å². The van der Waals surface area contributed by atoms with E-state index in [1.807, 2.05) is 0 Å². The van der Waals surface area contributed by atoms with E-state index in [4.69, 9.17) is 25.8 Å². The van der Waals surface area contributed by atoms with Crippen LogP contribution < -0.4 is 9.47 Å². The van der Waals surface area contributed by atoms with Gasteiger partial charge in [-0.3, -0.25) is 9.59 Å². The fourth-order valence-corrected chi connectivity index (χ4v) is 6.48. The van der Waals surface area contributed by atoms with Crippen molar-refractivity contribution in [1.82, 2.24) is 0 Å². The smallest absolute Gasteiger partial charge is 0.312 e. The first kappa shape index (κ1) is 18.6. The highest BCUT2D eigenvalue weighted by molar-refractivity contribution is 6.24. The van der Waals surface area contributed by atoms with Crippen LogP contribution in [0.25, 0.3) is 0 Å². The first-order valence-corrected chi connectivity index (χ1v) is 9.86. The summed E-state index contributed by atoms with van der Waals surface area (Å²) >= 11 is 6.79. The lowest BCUT2D eigenvalue weighted by atomic mass is 9.49. The Balaban J connectivity index is 1.46. The minimum atomic E-state index is -0.509. The standard InChI is InChI=1S/C21H25ClO5/c1-25-15-3-4-18(26-2)16(6-15)17(23)11-27-19(24)20-7-13-5-14(8-20)10-21(22,9-13)12-20/h3-4,6,13-14H,5,7-12H2,1-2H3/t13-,14-,20?,21?/m1/s1. The van der Waals surface area contributed by atoms with Crippen LogP contribution in [0.3, 0.4) is 0 Å². The molecule has 0 aliphatic heterocycles. The SMILES string of the molecule is COc1ccc(OC)c(C(=O)COC(=O)C23C[C@H]4C[C@@H](CC(Cl)(C4)C2)C3)c1. The molecule has 4 aliphatic rings. The van der Waals surface area contributed by atoms with Gasteiger partial charge in [-0.05, 0) is 68.6 Å².